The number of aliphatic hydroxyl groups is 1. The summed E-state index contributed by atoms with van der Waals surface area (Å²) in [5, 5.41) is 28.5. The number of aliphatic hydroxyl groups excluding tert-OH is 1. The second kappa shape index (κ2) is 14.7. The number of methoxy groups -OCH3 is 1. The summed E-state index contributed by atoms with van der Waals surface area (Å²) in [5.74, 6) is -1.73. The normalized spacial score (nSPS) is 11.7. The summed E-state index contributed by atoms with van der Waals surface area (Å²) in [7, 11) is 1.70. The van der Waals surface area contributed by atoms with Crippen molar-refractivity contribution < 1.29 is 34.4 Å². The van der Waals surface area contributed by atoms with Crippen LogP contribution in [0.2, 0.25) is 0 Å². The minimum absolute atomic E-state index is 0.303. The Labute approximate surface area is 159 Å². The first-order chi connectivity index (χ1) is 12.7. The van der Waals surface area contributed by atoms with Crippen molar-refractivity contribution in [1.29, 1.82) is 0 Å². The summed E-state index contributed by atoms with van der Waals surface area (Å²) in [4.78, 5) is 19.1. The number of hydrogen-bond acceptors (Lipinski definition) is 6. The molecule has 8 nitrogen and oxygen atoms in total. The van der Waals surface area contributed by atoms with E-state index in [2.05, 4.69) is 5.32 Å². The van der Waals surface area contributed by atoms with Crippen molar-refractivity contribution in [2.45, 2.75) is 32.4 Å². The van der Waals surface area contributed by atoms with Crippen LogP contribution in [-0.4, -0.2) is 66.3 Å². The quantitative estimate of drug-likeness (QED) is 0.422. The summed E-state index contributed by atoms with van der Waals surface area (Å²) < 4.78 is 10.6. The molecule has 152 valence electrons. The molecule has 0 aromatic heterocycles. The van der Waals surface area contributed by atoms with Crippen LogP contribution in [0.25, 0.3) is 0 Å². The summed E-state index contributed by atoms with van der Waals surface area (Å²) in [5.41, 5.74) is 1.22. The van der Waals surface area contributed by atoms with Gasteiger partial charge in [0.2, 0.25) is 0 Å². The van der Waals surface area contributed by atoms with E-state index in [-0.39, 0.29) is 0 Å². The molecule has 1 atom stereocenters. The molecule has 0 fully saturated rings. The molecule has 0 aliphatic rings. The van der Waals surface area contributed by atoms with Crippen molar-refractivity contribution in [1.82, 2.24) is 5.32 Å². The number of benzene rings is 1. The van der Waals surface area contributed by atoms with Crippen molar-refractivity contribution in [3.05, 3.63) is 42.0 Å². The maximum atomic E-state index is 9.73. The third-order valence-corrected chi connectivity index (χ3v) is 3.09. The van der Waals surface area contributed by atoms with Gasteiger partial charge in [-0.25, -0.2) is 9.59 Å². The minimum Gasteiger partial charge on any atom is -0.491 e. The van der Waals surface area contributed by atoms with Crippen LogP contribution in [-0.2, 0) is 20.7 Å². The number of hydrogen-bond donors (Lipinski definition) is 4. The standard InChI is InChI=1S/C15H25NO3.C4H4O4/c1-12(2)16-10-14(17)11-19-15-6-4-13(5-7-15)8-9-18-3;5-3(6)1-2-4(7)8/h4-7,12,14,16-17H,8-11H2,1-3H3;1-2H,(H,5,6)(H,7,8)/b;2-1+/t14-;/m1./s1. The summed E-state index contributed by atoms with van der Waals surface area (Å²) >= 11 is 0. The summed E-state index contributed by atoms with van der Waals surface area (Å²) in [6.45, 7) is 5.67. The highest BCUT2D eigenvalue weighted by atomic mass is 16.5. The van der Waals surface area contributed by atoms with Gasteiger partial charge in [0.15, 0.2) is 0 Å². The lowest BCUT2D eigenvalue weighted by Crippen LogP contribution is -2.35. The number of carboxylic acid groups (broad SMARTS) is 2. The van der Waals surface area contributed by atoms with Crippen LogP contribution in [0.5, 0.6) is 5.75 Å². The molecule has 1 aromatic rings. The van der Waals surface area contributed by atoms with Crippen molar-refractivity contribution in [2.24, 2.45) is 0 Å². The molecule has 1 aromatic carbocycles. The number of carboxylic acids is 2. The van der Waals surface area contributed by atoms with Crippen LogP contribution in [0, 0.1) is 0 Å². The molecule has 0 unspecified atom stereocenters. The Balaban J connectivity index is 0.000000713. The molecule has 0 aliphatic heterocycles. The summed E-state index contributed by atoms with van der Waals surface area (Å²) in [6, 6.07) is 8.26. The SMILES string of the molecule is COCCc1ccc(OC[C@H](O)CNC(C)C)cc1.O=C(O)/C=C/C(=O)O. The van der Waals surface area contributed by atoms with Gasteiger partial charge in [0.05, 0.1) is 6.61 Å². The average Bonchev–Trinajstić information content (AvgIpc) is 2.62. The first kappa shape index (κ1) is 24.6. The average molecular weight is 383 g/mol. The van der Waals surface area contributed by atoms with Crippen LogP contribution in [0.3, 0.4) is 0 Å². The van der Waals surface area contributed by atoms with Gasteiger partial charge in [0.1, 0.15) is 18.5 Å². The highest BCUT2D eigenvalue weighted by Crippen LogP contribution is 2.12. The van der Waals surface area contributed by atoms with E-state index in [1.165, 1.54) is 5.56 Å². The molecule has 0 heterocycles. The second-order valence-electron chi connectivity index (χ2n) is 5.92. The van der Waals surface area contributed by atoms with E-state index >= 15 is 0 Å². The zero-order chi connectivity index (χ0) is 20.7. The first-order valence-corrected chi connectivity index (χ1v) is 8.50. The topological polar surface area (TPSA) is 125 Å². The molecule has 0 spiro atoms. The number of nitrogens with one attached hydrogen (secondary N) is 1. The first-order valence-electron chi connectivity index (χ1n) is 8.50. The lowest BCUT2D eigenvalue weighted by Gasteiger charge is -2.15. The van der Waals surface area contributed by atoms with Gasteiger partial charge in [-0.05, 0) is 24.1 Å². The highest BCUT2D eigenvalue weighted by molar-refractivity contribution is 5.89. The Hall–Kier alpha value is -2.42. The van der Waals surface area contributed by atoms with Crippen LogP contribution < -0.4 is 10.1 Å². The number of carbonyl (C=O) groups is 2. The fourth-order valence-corrected chi connectivity index (χ4v) is 1.74. The zero-order valence-corrected chi connectivity index (χ0v) is 15.9. The molecule has 0 aliphatic carbocycles. The van der Waals surface area contributed by atoms with E-state index in [4.69, 9.17) is 19.7 Å². The van der Waals surface area contributed by atoms with E-state index in [1.807, 2.05) is 38.1 Å². The van der Waals surface area contributed by atoms with Crippen LogP contribution in [0.1, 0.15) is 19.4 Å². The van der Waals surface area contributed by atoms with Crippen molar-refractivity contribution >= 4 is 11.9 Å². The molecule has 27 heavy (non-hydrogen) atoms. The molecule has 4 N–H and O–H groups in total. The lowest BCUT2D eigenvalue weighted by molar-refractivity contribution is -0.134. The Bertz CT molecular complexity index is 554. The fourth-order valence-electron chi connectivity index (χ4n) is 1.74. The van der Waals surface area contributed by atoms with Crippen LogP contribution >= 0.6 is 0 Å². The smallest absolute Gasteiger partial charge is 0.328 e. The van der Waals surface area contributed by atoms with Gasteiger partial charge in [-0.1, -0.05) is 26.0 Å². The number of ether oxygens (including phenoxy) is 2. The predicted molar refractivity (Wildman–Crippen MR) is 101 cm³/mol. The molecule has 0 bridgehead atoms. The highest BCUT2D eigenvalue weighted by Gasteiger charge is 2.06. The van der Waals surface area contributed by atoms with Gasteiger partial charge >= 0.3 is 11.9 Å². The largest absolute Gasteiger partial charge is 0.491 e. The molecule has 8 heteroatoms. The van der Waals surface area contributed by atoms with Crippen molar-refractivity contribution in [2.75, 3.05) is 26.9 Å². The number of rotatable bonds is 11. The maximum absolute atomic E-state index is 9.73. The molecule has 0 saturated heterocycles. The molecule has 0 radical (unpaired) electrons. The molecule has 0 saturated carbocycles. The molecule has 1 rings (SSSR count). The zero-order valence-electron chi connectivity index (χ0n) is 15.9. The van der Waals surface area contributed by atoms with E-state index in [9.17, 15) is 14.7 Å². The van der Waals surface area contributed by atoms with E-state index in [0.29, 0.717) is 31.3 Å². The monoisotopic (exact) mass is 383 g/mol. The van der Waals surface area contributed by atoms with Gasteiger partial charge in [0.25, 0.3) is 0 Å². The van der Waals surface area contributed by atoms with Crippen LogP contribution in [0.15, 0.2) is 36.4 Å². The maximum Gasteiger partial charge on any atom is 0.328 e. The molecular weight excluding hydrogens is 354 g/mol. The Kier molecular flexibility index (Phi) is 13.4. The van der Waals surface area contributed by atoms with Crippen molar-refractivity contribution in [3.63, 3.8) is 0 Å². The van der Waals surface area contributed by atoms with Crippen molar-refractivity contribution in [3.8, 4) is 5.75 Å². The van der Waals surface area contributed by atoms with Gasteiger partial charge < -0.3 is 30.1 Å². The van der Waals surface area contributed by atoms with E-state index in [1.54, 1.807) is 7.11 Å². The van der Waals surface area contributed by atoms with Crippen LogP contribution in [0.4, 0.5) is 0 Å². The van der Waals surface area contributed by atoms with Gasteiger partial charge in [0, 0.05) is 31.8 Å². The van der Waals surface area contributed by atoms with E-state index < -0.39 is 18.0 Å². The predicted octanol–water partition coefficient (Wildman–Crippen LogP) is 1.32. The second-order valence-corrected chi connectivity index (χ2v) is 5.92. The Morgan fingerprint density at radius 1 is 1.11 bits per heavy atom. The minimum atomic E-state index is -1.26. The number of aliphatic carboxylic acids is 2. The fraction of sp³-hybridized carbons (Fsp3) is 0.474. The molecule has 0 amide bonds. The van der Waals surface area contributed by atoms with Gasteiger partial charge in [-0.3, -0.25) is 0 Å². The Morgan fingerprint density at radius 2 is 1.67 bits per heavy atom. The molecular formula is C19H29NO7. The Morgan fingerprint density at radius 3 is 2.11 bits per heavy atom. The van der Waals surface area contributed by atoms with E-state index in [0.717, 1.165) is 18.8 Å². The third kappa shape index (κ3) is 15.5. The lowest BCUT2D eigenvalue weighted by atomic mass is 10.1. The van der Waals surface area contributed by atoms with Gasteiger partial charge in [-0.15, -0.1) is 0 Å². The third-order valence-electron chi connectivity index (χ3n) is 3.09. The van der Waals surface area contributed by atoms with Gasteiger partial charge in [-0.2, -0.15) is 0 Å². The summed E-state index contributed by atoms with van der Waals surface area (Å²) in [6.07, 6.45) is 1.53.